The summed E-state index contributed by atoms with van der Waals surface area (Å²) in [6.07, 6.45) is -1.58. The molecule has 2 saturated heterocycles. The molecule has 2 fully saturated rings. The largest absolute Gasteiger partial charge is 0.467 e. The molecule has 156 valence electrons. The summed E-state index contributed by atoms with van der Waals surface area (Å²) in [4.78, 5) is 27.8. The van der Waals surface area contributed by atoms with Gasteiger partial charge in [-0.3, -0.25) is 4.90 Å². The van der Waals surface area contributed by atoms with Gasteiger partial charge in [-0.25, -0.2) is 9.59 Å². The maximum Gasteiger partial charge on any atom is 0.411 e. The van der Waals surface area contributed by atoms with Crippen LogP contribution in [-0.2, 0) is 23.4 Å². The van der Waals surface area contributed by atoms with Crippen LogP contribution in [0.5, 0.6) is 0 Å². The summed E-state index contributed by atoms with van der Waals surface area (Å²) in [5, 5.41) is 0. The first kappa shape index (κ1) is 22.2. The van der Waals surface area contributed by atoms with Gasteiger partial charge in [0.2, 0.25) is 0 Å². The maximum atomic E-state index is 13.2. The molecule has 2 rings (SSSR count). The lowest BCUT2D eigenvalue weighted by molar-refractivity contribution is -0.167. The zero-order chi connectivity index (χ0) is 21.0. The summed E-state index contributed by atoms with van der Waals surface area (Å²) < 4.78 is 23.2. The second-order valence-electron chi connectivity index (χ2n) is 10.1. The average Bonchev–Trinajstić information content (AvgIpc) is 3.07. The topological polar surface area (TPSA) is 77.6 Å². The van der Waals surface area contributed by atoms with Crippen LogP contribution in [0.3, 0.4) is 0 Å². The molecule has 0 bridgehead atoms. The van der Waals surface area contributed by atoms with Crippen LogP contribution in [0.25, 0.3) is 0 Å². The predicted molar refractivity (Wildman–Crippen MR) is 104 cm³/mol. The van der Waals surface area contributed by atoms with Gasteiger partial charge in [-0.05, 0) is 53.3 Å². The fourth-order valence-electron chi connectivity index (χ4n) is 3.94. The molecule has 8 heteroatoms. The Morgan fingerprint density at radius 3 is 2.19 bits per heavy atom. The lowest BCUT2D eigenvalue weighted by Gasteiger charge is -2.46. The highest BCUT2D eigenvalue weighted by molar-refractivity contribution is 6.69. The molecular formula is C19H35NO6Si. The van der Waals surface area contributed by atoms with E-state index in [-0.39, 0.29) is 12.5 Å². The third-order valence-corrected chi connectivity index (χ3v) is 5.81. The Hall–Kier alpha value is -1.12. The average molecular weight is 402 g/mol. The van der Waals surface area contributed by atoms with E-state index in [0.717, 1.165) is 0 Å². The Morgan fingerprint density at radius 1 is 1.22 bits per heavy atom. The van der Waals surface area contributed by atoms with Gasteiger partial charge < -0.3 is 18.6 Å². The van der Waals surface area contributed by atoms with E-state index in [1.807, 2.05) is 20.8 Å². The van der Waals surface area contributed by atoms with Gasteiger partial charge in [0.15, 0.2) is 13.9 Å². The van der Waals surface area contributed by atoms with Crippen molar-refractivity contribution in [2.75, 3.05) is 13.7 Å². The molecule has 2 heterocycles. The van der Waals surface area contributed by atoms with Crippen LogP contribution in [0, 0.1) is 5.92 Å². The molecule has 0 radical (unpaired) electrons. The third kappa shape index (κ3) is 4.02. The minimum Gasteiger partial charge on any atom is -0.467 e. The van der Waals surface area contributed by atoms with Gasteiger partial charge in [0, 0.05) is 0 Å². The Labute approximate surface area is 163 Å². The van der Waals surface area contributed by atoms with Gasteiger partial charge in [-0.1, -0.05) is 13.8 Å². The van der Waals surface area contributed by atoms with Crippen LogP contribution in [0.1, 0.15) is 41.5 Å². The number of hydrogen-bond donors (Lipinski definition) is 0. The summed E-state index contributed by atoms with van der Waals surface area (Å²) >= 11 is 0. The van der Waals surface area contributed by atoms with Crippen molar-refractivity contribution >= 4 is 20.4 Å². The number of ether oxygens (including phenoxy) is 3. The van der Waals surface area contributed by atoms with Crippen molar-refractivity contribution < 1.29 is 28.2 Å². The first-order valence-corrected chi connectivity index (χ1v) is 12.9. The number of rotatable bonds is 5. The summed E-state index contributed by atoms with van der Waals surface area (Å²) in [7, 11) is -0.710. The van der Waals surface area contributed by atoms with Crippen molar-refractivity contribution in [3.8, 4) is 0 Å². The number of carbonyl (C=O) groups is 2. The number of epoxide rings is 1. The summed E-state index contributed by atoms with van der Waals surface area (Å²) in [6, 6.07) is 0. The minimum absolute atomic E-state index is 0.0349. The van der Waals surface area contributed by atoms with Crippen LogP contribution >= 0.6 is 0 Å². The quantitative estimate of drug-likeness (QED) is 0.400. The van der Waals surface area contributed by atoms with Crippen LogP contribution in [0.15, 0.2) is 0 Å². The van der Waals surface area contributed by atoms with E-state index in [9.17, 15) is 9.59 Å². The fraction of sp³-hybridized carbons (Fsp3) is 0.895. The van der Waals surface area contributed by atoms with Crippen molar-refractivity contribution in [3.05, 3.63) is 0 Å². The van der Waals surface area contributed by atoms with Crippen molar-refractivity contribution in [1.82, 2.24) is 4.90 Å². The maximum absolute atomic E-state index is 13.2. The Balaban J connectivity index is 2.58. The highest BCUT2D eigenvalue weighted by atomic mass is 28.4. The number of fused-ring (bicyclic) bond motifs is 1. The van der Waals surface area contributed by atoms with Crippen molar-refractivity contribution in [1.29, 1.82) is 0 Å². The van der Waals surface area contributed by atoms with Crippen LogP contribution in [0.2, 0.25) is 19.6 Å². The van der Waals surface area contributed by atoms with Crippen LogP contribution in [0.4, 0.5) is 4.79 Å². The Morgan fingerprint density at radius 2 is 1.78 bits per heavy atom. The van der Waals surface area contributed by atoms with Gasteiger partial charge >= 0.3 is 12.1 Å². The molecular weight excluding hydrogens is 366 g/mol. The Bertz CT molecular complexity index is 610. The summed E-state index contributed by atoms with van der Waals surface area (Å²) in [6.45, 7) is 17.7. The van der Waals surface area contributed by atoms with Gasteiger partial charge in [0.1, 0.15) is 17.3 Å². The molecule has 7 nitrogen and oxygen atoms in total. The molecule has 4 atom stereocenters. The molecule has 0 unspecified atom stereocenters. The van der Waals surface area contributed by atoms with Crippen LogP contribution in [-0.4, -0.2) is 67.9 Å². The third-order valence-electron chi connectivity index (χ3n) is 4.85. The number of likely N-dealkylation sites (tertiary alicyclic amines) is 1. The molecule has 2 aliphatic rings. The molecule has 0 aromatic rings. The number of nitrogens with zero attached hydrogens (tertiary/aromatic N) is 1. The second kappa shape index (κ2) is 6.74. The lowest BCUT2D eigenvalue weighted by atomic mass is 9.81. The molecule has 0 spiro atoms. The first-order valence-electron chi connectivity index (χ1n) is 9.53. The number of morpholine rings is 1. The first-order chi connectivity index (χ1) is 12.1. The lowest BCUT2D eigenvalue weighted by Crippen LogP contribution is -2.68. The molecule has 1 amide bonds. The number of carbonyl (C=O) groups excluding carboxylic acids is 2. The summed E-state index contributed by atoms with van der Waals surface area (Å²) in [5.41, 5.74) is -2.64. The second-order valence-corrected chi connectivity index (χ2v) is 14.5. The van der Waals surface area contributed by atoms with E-state index in [0.29, 0.717) is 0 Å². The fourth-order valence-corrected chi connectivity index (χ4v) is 5.16. The van der Waals surface area contributed by atoms with Crippen molar-refractivity contribution in [2.45, 2.75) is 90.1 Å². The molecule has 0 aromatic heterocycles. The van der Waals surface area contributed by atoms with Crippen molar-refractivity contribution in [3.63, 3.8) is 0 Å². The predicted octanol–water partition coefficient (Wildman–Crippen LogP) is 3.18. The number of amides is 1. The van der Waals surface area contributed by atoms with E-state index >= 15 is 0 Å². The van der Waals surface area contributed by atoms with E-state index in [2.05, 4.69) is 19.6 Å². The number of esters is 1. The molecule has 2 aliphatic heterocycles. The van der Waals surface area contributed by atoms with E-state index in [4.69, 9.17) is 18.6 Å². The zero-order valence-electron chi connectivity index (χ0n) is 18.3. The highest BCUT2D eigenvalue weighted by Gasteiger charge is 2.80. The molecule has 0 N–H and O–H groups in total. The zero-order valence-corrected chi connectivity index (χ0v) is 19.3. The van der Waals surface area contributed by atoms with E-state index in [1.165, 1.54) is 12.0 Å². The number of methoxy groups -OCH3 is 1. The molecule has 0 aliphatic carbocycles. The normalized spacial score (nSPS) is 31.5. The van der Waals surface area contributed by atoms with E-state index in [1.54, 1.807) is 20.8 Å². The van der Waals surface area contributed by atoms with Gasteiger partial charge in [-0.15, -0.1) is 0 Å². The van der Waals surface area contributed by atoms with Gasteiger partial charge in [0.05, 0.1) is 19.8 Å². The van der Waals surface area contributed by atoms with Gasteiger partial charge in [0.25, 0.3) is 0 Å². The molecule has 0 saturated carbocycles. The SMILES string of the molecule is COC(=O)[C@@]1([C@@H](O[Si](C)(C)C)C(C)C)[C@H]2O[C@@]2(C)CN1C(=O)OC(C)(C)C. The minimum atomic E-state index is -2.04. The van der Waals surface area contributed by atoms with Crippen LogP contribution < -0.4 is 0 Å². The van der Waals surface area contributed by atoms with Crippen molar-refractivity contribution in [2.24, 2.45) is 5.92 Å². The standard InChI is InChI=1S/C19H35NO6Si/c1-12(2)13(26-27(8,9)10)19(15(21)23-7)14-18(6,24-14)11-20(19)16(22)25-17(3,4)5/h12-14H,11H2,1-10H3/t13-,14-,18-,19+/m0/s1. The Kier molecular flexibility index (Phi) is 5.53. The number of hydrogen-bond acceptors (Lipinski definition) is 6. The monoisotopic (exact) mass is 401 g/mol. The summed E-state index contributed by atoms with van der Waals surface area (Å²) in [5.74, 6) is -0.552. The molecule has 27 heavy (non-hydrogen) atoms. The van der Waals surface area contributed by atoms with Gasteiger partial charge in [-0.2, -0.15) is 0 Å². The smallest absolute Gasteiger partial charge is 0.411 e. The molecule has 0 aromatic carbocycles. The highest BCUT2D eigenvalue weighted by Crippen LogP contribution is 2.56. The van der Waals surface area contributed by atoms with E-state index < -0.39 is 49.3 Å².